The Morgan fingerprint density at radius 2 is 2.21 bits per heavy atom. The third-order valence-corrected chi connectivity index (χ3v) is 3.66. The summed E-state index contributed by atoms with van der Waals surface area (Å²) in [4.78, 5) is 14.3. The van der Waals surface area contributed by atoms with E-state index in [4.69, 9.17) is 5.73 Å². The number of rotatable bonds is 3. The lowest BCUT2D eigenvalue weighted by Gasteiger charge is -2.19. The van der Waals surface area contributed by atoms with Gasteiger partial charge in [0.1, 0.15) is 0 Å². The van der Waals surface area contributed by atoms with Crippen molar-refractivity contribution in [2.45, 2.75) is 27.2 Å². The molecule has 1 heterocycles. The predicted octanol–water partition coefficient (Wildman–Crippen LogP) is 2.25. The van der Waals surface area contributed by atoms with Crippen LogP contribution in [0.2, 0.25) is 0 Å². The van der Waals surface area contributed by atoms with Crippen molar-refractivity contribution >= 4 is 17.3 Å². The second-order valence-corrected chi connectivity index (χ2v) is 6.25. The lowest BCUT2D eigenvalue weighted by molar-refractivity contribution is -0.117. The van der Waals surface area contributed by atoms with Gasteiger partial charge in [-0.15, -0.1) is 0 Å². The number of hydrogen-bond acceptors (Lipinski definition) is 3. The van der Waals surface area contributed by atoms with Crippen LogP contribution in [0.25, 0.3) is 0 Å². The Balaban J connectivity index is 1.93. The second kappa shape index (κ2) is 5.21. The molecule has 4 nitrogen and oxygen atoms in total. The second-order valence-electron chi connectivity index (χ2n) is 6.25. The zero-order valence-corrected chi connectivity index (χ0v) is 12.0. The van der Waals surface area contributed by atoms with Crippen LogP contribution in [-0.4, -0.2) is 30.4 Å². The zero-order valence-electron chi connectivity index (χ0n) is 12.0. The van der Waals surface area contributed by atoms with Crippen molar-refractivity contribution in [3.8, 4) is 0 Å². The molecular formula is C15H23N3O. The van der Waals surface area contributed by atoms with Gasteiger partial charge >= 0.3 is 0 Å². The number of carbonyl (C=O) groups excluding carboxylic acids is 1. The standard InChI is InChI=1S/C15H23N3O/c1-11-4-5-12(16)8-13(11)17-14(19)9-18-7-6-15(2,3)10-18/h4-5,8H,6-7,9-10,16H2,1-3H3,(H,17,19). The fraction of sp³-hybridized carbons (Fsp3) is 0.533. The summed E-state index contributed by atoms with van der Waals surface area (Å²) in [5.74, 6) is 0.0337. The SMILES string of the molecule is Cc1ccc(N)cc1NC(=O)CN1CCC(C)(C)C1. The van der Waals surface area contributed by atoms with Crippen LogP contribution >= 0.6 is 0 Å². The Hall–Kier alpha value is -1.55. The highest BCUT2D eigenvalue weighted by molar-refractivity contribution is 5.93. The number of nitrogen functional groups attached to an aromatic ring is 1. The van der Waals surface area contributed by atoms with Crippen molar-refractivity contribution in [3.05, 3.63) is 23.8 Å². The van der Waals surface area contributed by atoms with Gasteiger partial charge in [-0.05, 0) is 43.0 Å². The van der Waals surface area contributed by atoms with Crippen LogP contribution in [0.4, 0.5) is 11.4 Å². The fourth-order valence-electron chi connectivity index (χ4n) is 2.53. The van der Waals surface area contributed by atoms with Gasteiger partial charge in [0.05, 0.1) is 6.54 Å². The molecule has 2 rings (SSSR count). The summed E-state index contributed by atoms with van der Waals surface area (Å²) in [6.45, 7) is 8.89. The monoisotopic (exact) mass is 261 g/mol. The summed E-state index contributed by atoms with van der Waals surface area (Å²) in [7, 11) is 0. The first-order valence-corrected chi connectivity index (χ1v) is 6.74. The normalized spacial score (nSPS) is 18.5. The minimum Gasteiger partial charge on any atom is -0.399 e. The molecule has 3 N–H and O–H groups in total. The Morgan fingerprint density at radius 1 is 1.47 bits per heavy atom. The van der Waals surface area contributed by atoms with E-state index >= 15 is 0 Å². The van der Waals surface area contributed by atoms with Crippen LogP contribution in [0.1, 0.15) is 25.8 Å². The molecule has 4 heteroatoms. The number of anilines is 2. The first kappa shape index (κ1) is 13.9. The number of nitrogens with two attached hydrogens (primary N) is 1. The molecule has 1 aromatic rings. The average molecular weight is 261 g/mol. The van der Waals surface area contributed by atoms with E-state index in [1.807, 2.05) is 19.1 Å². The van der Waals surface area contributed by atoms with Gasteiger partial charge in [0.2, 0.25) is 5.91 Å². The van der Waals surface area contributed by atoms with Crippen LogP contribution in [0.15, 0.2) is 18.2 Å². The van der Waals surface area contributed by atoms with Crippen molar-refractivity contribution in [2.75, 3.05) is 30.7 Å². The van der Waals surface area contributed by atoms with E-state index in [0.717, 1.165) is 30.8 Å². The highest BCUT2D eigenvalue weighted by atomic mass is 16.2. The highest BCUT2D eigenvalue weighted by Crippen LogP contribution is 2.28. The van der Waals surface area contributed by atoms with Crippen LogP contribution in [0.5, 0.6) is 0 Å². The molecule has 104 valence electrons. The first-order valence-electron chi connectivity index (χ1n) is 6.74. The molecule has 0 bridgehead atoms. The molecular weight excluding hydrogens is 238 g/mol. The van der Waals surface area contributed by atoms with Crippen molar-refractivity contribution in [2.24, 2.45) is 5.41 Å². The van der Waals surface area contributed by atoms with E-state index in [0.29, 0.717) is 17.6 Å². The smallest absolute Gasteiger partial charge is 0.238 e. The Morgan fingerprint density at radius 3 is 2.84 bits per heavy atom. The minimum absolute atomic E-state index is 0.0337. The van der Waals surface area contributed by atoms with Crippen LogP contribution in [0.3, 0.4) is 0 Å². The van der Waals surface area contributed by atoms with Crippen molar-refractivity contribution in [1.82, 2.24) is 4.90 Å². The van der Waals surface area contributed by atoms with Gasteiger partial charge < -0.3 is 11.1 Å². The van der Waals surface area contributed by atoms with Gasteiger partial charge in [-0.25, -0.2) is 0 Å². The van der Waals surface area contributed by atoms with E-state index in [1.165, 1.54) is 0 Å². The maximum Gasteiger partial charge on any atom is 0.238 e. The third kappa shape index (κ3) is 3.70. The molecule has 0 unspecified atom stereocenters. The Bertz CT molecular complexity index is 482. The van der Waals surface area contributed by atoms with Crippen molar-refractivity contribution in [3.63, 3.8) is 0 Å². The predicted molar refractivity (Wildman–Crippen MR) is 79.1 cm³/mol. The maximum atomic E-state index is 12.0. The topological polar surface area (TPSA) is 58.4 Å². The quantitative estimate of drug-likeness (QED) is 0.820. The van der Waals surface area contributed by atoms with Crippen LogP contribution < -0.4 is 11.1 Å². The minimum atomic E-state index is 0.0337. The molecule has 1 aliphatic heterocycles. The summed E-state index contributed by atoms with van der Waals surface area (Å²) in [5, 5.41) is 2.94. The molecule has 1 saturated heterocycles. The number of amides is 1. The summed E-state index contributed by atoms with van der Waals surface area (Å²) < 4.78 is 0. The maximum absolute atomic E-state index is 12.0. The van der Waals surface area contributed by atoms with E-state index in [-0.39, 0.29) is 5.91 Å². The lowest BCUT2D eigenvalue weighted by atomic mass is 9.93. The molecule has 0 radical (unpaired) electrons. The van der Waals surface area contributed by atoms with Gasteiger partial charge in [-0.2, -0.15) is 0 Å². The van der Waals surface area contributed by atoms with Gasteiger partial charge in [0.15, 0.2) is 0 Å². The van der Waals surface area contributed by atoms with Gasteiger partial charge in [-0.3, -0.25) is 9.69 Å². The summed E-state index contributed by atoms with van der Waals surface area (Å²) >= 11 is 0. The number of hydrogen-bond donors (Lipinski definition) is 2. The van der Waals surface area contributed by atoms with Gasteiger partial charge in [0, 0.05) is 17.9 Å². The molecule has 0 aliphatic carbocycles. The van der Waals surface area contributed by atoms with E-state index in [2.05, 4.69) is 24.1 Å². The Labute approximate surface area is 115 Å². The first-order chi connectivity index (χ1) is 8.85. The van der Waals surface area contributed by atoms with Crippen molar-refractivity contribution < 1.29 is 4.79 Å². The molecule has 1 fully saturated rings. The zero-order chi connectivity index (χ0) is 14.0. The number of benzene rings is 1. The van der Waals surface area contributed by atoms with Crippen molar-refractivity contribution in [1.29, 1.82) is 0 Å². The largest absolute Gasteiger partial charge is 0.399 e. The van der Waals surface area contributed by atoms with E-state index in [1.54, 1.807) is 6.07 Å². The number of carbonyl (C=O) groups is 1. The van der Waals surface area contributed by atoms with Crippen LogP contribution in [-0.2, 0) is 4.79 Å². The molecule has 1 aliphatic rings. The fourth-order valence-corrected chi connectivity index (χ4v) is 2.53. The molecule has 0 atom stereocenters. The average Bonchev–Trinajstić information content (AvgIpc) is 2.63. The molecule has 0 spiro atoms. The molecule has 0 saturated carbocycles. The van der Waals surface area contributed by atoms with Gasteiger partial charge in [0.25, 0.3) is 0 Å². The highest BCUT2D eigenvalue weighted by Gasteiger charge is 2.29. The van der Waals surface area contributed by atoms with Gasteiger partial charge in [-0.1, -0.05) is 19.9 Å². The number of nitrogens with one attached hydrogen (secondary N) is 1. The van der Waals surface area contributed by atoms with Crippen LogP contribution in [0, 0.1) is 12.3 Å². The summed E-state index contributed by atoms with van der Waals surface area (Å²) in [5.41, 5.74) is 8.58. The summed E-state index contributed by atoms with van der Waals surface area (Å²) in [6.07, 6.45) is 1.15. The Kier molecular flexibility index (Phi) is 3.80. The number of aryl methyl sites for hydroxylation is 1. The number of likely N-dealkylation sites (tertiary alicyclic amines) is 1. The molecule has 19 heavy (non-hydrogen) atoms. The van der Waals surface area contributed by atoms with E-state index in [9.17, 15) is 4.79 Å². The van der Waals surface area contributed by atoms with E-state index < -0.39 is 0 Å². The molecule has 1 aromatic carbocycles. The number of nitrogens with zero attached hydrogens (tertiary/aromatic N) is 1. The lowest BCUT2D eigenvalue weighted by Crippen LogP contribution is -2.32. The third-order valence-electron chi connectivity index (χ3n) is 3.66. The molecule has 0 aromatic heterocycles. The summed E-state index contributed by atoms with van der Waals surface area (Å²) in [6, 6.07) is 5.57. The molecule has 1 amide bonds.